The van der Waals surface area contributed by atoms with Crippen LogP contribution in [0.4, 0.5) is 18.9 Å². The van der Waals surface area contributed by atoms with Gasteiger partial charge in [0.1, 0.15) is 17.5 Å². The molecule has 0 aliphatic rings. The number of esters is 1. The molecule has 2 aromatic carbocycles. The van der Waals surface area contributed by atoms with E-state index in [4.69, 9.17) is 14.2 Å². The number of amides is 1. The molecule has 0 fully saturated rings. The molecule has 13 heteroatoms. The molecule has 0 aromatic heterocycles. The smallest absolute Gasteiger partial charge is 0.417 e. The fourth-order valence-corrected chi connectivity index (χ4v) is 4.04. The Morgan fingerprint density at radius 2 is 1.61 bits per heavy atom. The molecular formula is C20H21F3N2O7S. The monoisotopic (exact) mass is 490 g/mol. The first kappa shape index (κ1) is 25.9. The predicted octanol–water partition coefficient (Wildman–Crippen LogP) is 2.57. The summed E-state index contributed by atoms with van der Waals surface area (Å²) in [6, 6.07) is 6.49. The fraction of sp³-hybridized carbons (Fsp3) is 0.300. The number of hydrogen-bond donors (Lipinski definition) is 2. The third kappa shape index (κ3) is 7.08. The van der Waals surface area contributed by atoms with Crippen LogP contribution in [-0.2, 0) is 30.5 Å². The largest absolute Gasteiger partial charge is 0.497 e. The zero-order valence-electron chi connectivity index (χ0n) is 17.7. The molecule has 0 aliphatic carbocycles. The van der Waals surface area contributed by atoms with Crippen molar-refractivity contribution in [1.82, 2.24) is 4.72 Å². The number of rotatable bonds is 9. The third-order valence-electron chi connectivity index (χ3n) is 4.15. The molecule has 0 aliphatic heterocycles. The van der Waals surface area contributed by atoms with Gasteiger partial charge in [0.2, 0.25) is 10.0 Å². The van der Waals surface area contributed by atoms with Gasteiger partial charge in [-0.1, -0.05) is 12.1 Å². The van der Waals surface area contributed by atoms with Gasteiger partial charge >= 0.3 is 12.1 Å². The van der Waals surface area contributed by atoms with Crippen LogP contribution in [0.1, 0.15) is 12.5 Å². The first-order valence-electron chi connectivity index (χ1n) is 9.25. The van der Waals surface area contributed by atoms with Crippen LogP contribution in [-0.4, -0.2) is 47.2 Å². The second-order valence-corrected chi connectivity index (χ2v) is 8.28. The van der Waals surface area contributed by atoms with E-state index in [0.29, 0.717) is 17.6 Å². The molecule has 1 amide bonds. The van der Waals surface area contributed by atoms with Crippen molar-refractivity contribution in [3.05, 3.63) is 48.0 Å². The van der Waals surface area contributed by atoms with Crippen molar-refractivity contribution in [2.75, 3.05) is 26.1 Å². The average molecular weight is 490 g/mol. The lowest BCUT2D eigenvalue weighted by molar-refractivity contribution is -0.148. The number of nitrogens with one attached hydrogen (secondary N) is 2. The summed E-state index contributed by atoms with van der Waals surface area (Å²) in [6.45, 7) is 0.296. The molecule has 2 rings (SSSR count). The molecule has 0 saturated heterocycles. The molecule has 1 atom stereocenters. The molecule has 0 bridgehead atoms. The lowest BCUT2D eigenvalue weighted by atomic mass is 10.2. The van der Waals surface area contributed by atoms with Crippen molar-refractivity contribution in [2.24, 2.45) is 0 Å². The molecule has 0 spiro atoms. The number of carbonyl (C=O) groups is 2. The number of methoxy groups -OCH3 is 2. The molecule has 0 unspecified atom stereocenters. The van der Waals surface area contributed by atoms with E-state index in [1.807, 2.05) is 4.72 Å². The first-order chi connectivity index (χ1) is 15.4. The van der Waals surface area contributed by atoms with E-state index in [2.05, 4.69) is 5.32 Å². The Kier molecular flexibility index (Phi) is 8.28. The first-order valence-corrected chi connectivity index (χ1v) is 10.7. The topological polar surface area (TPSA) is 120 Å². The Balaban J connectivity index is 2.01. The maximum atomic E-state index is 13.1. The van der Waals surface area contributed by atoms with Crippen LogP contribution in [0.25, 0.3) is 0 Å². The molecule has 0 heterocycles. The highest BCUT2D eigenvalue weighted by Crippen LogP contribution is 2.34. The maximum Gasteiger partial charge on any atom is 0.417 e. The van der Waals surface area contributed by atoms with Crippen LogP contribution >= 0.6 is 0 Å². The van der Waals surface area contributed by atoms with E-state index in [1.54, 1.807) is 6.07 Å². The van der Waals surface area contributed by atoms with E-state index in [1.165, 1.54) is 26.4 Å². The standard InChI is InChI=1S/C20H21F3N2O7S/c1-12(25-33(28,29)17-7-5-4-6-16(17)20(21,22)23)19(27)32-11-18(26)24-13-8-14(30-2)10-15(9-13)31-3/h4-10,12,25H,11H2,1-3H3,(H,24,26)/t12-/m0/s1. The Morgan fingerprint density at radius 1 is 1.03 bits per heavy atom. The Morgan fingerprint density at radius 3 is 2.15 bits per heavy atom. The van der Waals surface area contributed by atoms with Crippen molar-refractivity contribution in [3.63, 3.8) is 0 Å². The number of alkyl halides is 3. The highest BCUT2D eigenvalue weighted by atomic mass is 32.2. The van der Waals surface area contributed by atoms with Crippen LogP contribution in [0, 0.1) is 0 Å². The number of halogens is 3. The molecule has 0 saturated carbocycles. The summed E-state index contributed by atoms with van der Waals surface area (Å²) in [5, 5.41) is 2.44. The lowest BCUT2D eigenvalue weighted by Gasteiger charge is -2.17. The van der Waals surface area contributed by atoms with Gasteiger partial charge in [-0.15, -0.1) is 0 Å². The van der Waals surface area contributed by atoms with Gasteiger partial charge in [0.05, 0.1) is 24.7 Å². The van der Waals surface area contributed by atoms with Crippen molar-refractivity contribution < 1.29 is 45.4 Å². The summed E-state index contributed by atoms with van der Waals surface area (Å²) in [5.41, 5.74) is -1.10. The minimum absolute atomic E-state index is 0.282. The van der Waals surface area contributed by atoms with Crippen LogP contribution < -0.4 is 19.5 Å². The molecule has 33 heavy (non-hydrogen) atoms. The van der Waals surface area contributed by atoms with Gasteiger partial charge in [-0.2, -0.15) is 17.9 Å². The Labute approximate surface area is 187 Å². The van der Waals surface area contributed by atoms with Crippen LogP contribution in [0.3, 0.4) is 0 Å². The zero-order chi connectivity index (χ0) is 24.8. The highest BCUT2D eigenvalue weighted by molar-refractivity contribution is 7.89. The van der Waals surface area contributed by atoms with E-state index in [-0.39, 0.29) is 5.69 Å². The quantitative estimate of drug-likeness (QED) is 0.519. The third-order valence-corrected chi connectivity index (χ3v) is 5.75. The van der Waals surface area contributed by atoms with E-state index < -0.39 is 51.2 Å². The van der Waals surface area contributed by atoms with Gasteiger partial charge in [-0.05, 0) is 19.1 Å². The van der Waals surface area contributed by atoms with Crippen LogP contribution in [0.2, 0.25) is 0 Å². The summed E-state index contributed by atoms with van der Waals surface area (Å²) in [7, 11) is -1.89. The van der Waals surface area contributed by atoms with Gasteiger partial charge in [-0.3, -0.25) is 9.59 Å². The summed E-state index contributed by atoms with van der Waals surface area (Å²) in [4.78, 5) is 23.1. The minimum atomic E-state index is -4.92. The van der Waals surface area contributed by atoms with Crippen LogP contribution in [0.15, 0.2) is 47.4 Å². The van der Waals surface area contributed by atoms with Gasteiger partial charge in [0.25, 0.3) is 5.91 Å². The van der Waals surface area contributed by atoms with Crippen molar-refractivity contribution >= 4 is 27.6 Å². The molecule has 2 N–H and O–H groups in total. The summed E-state index contributed by atoms with van der Waals surface area (Å²) in [6.07, 6.45) is -4.92. The SMILES string of the molecule is COc1cc(NC(=O)COC(=O)[C@H](C)NS(=O)(=O)c2ccccc2C(F)(F)F)cc(OC)c1. The molecule has 9 nitrogen and oxygen atoms in total. The van der Waals surface area contributed by atoms with E-state index in [9.17, 15) is 31.2 Å². The maximum absolute atomic E-state index is 13.1. The summed E-state index contributed by atoms with van der Waals surface area (Å²) in [5.74, 6) is -1.13. The van der Waals surface area contributed by atoms with Crippen molar-refractivity contribution in [2.45, 2.75) is 24.0 Å². The Bertz CT molecular complexity index is 1100. The number of carbonyl (C=O) groups excluding carboxylic acids is 2. The van der Waals surface area contributed by atoms with Crippen molar-refractivity contribution in [3.8, 4) is 11.5 Å². The van der Waals surface area contributed by atoms with Gasteiger partial charge in [0.15, 0.2) is 6.61 Å². The Hall–Kier alpha value is -3.32. The number of sulfonamides is 1. The van der Waals surface area contributed by atoms with E-state index >= 15 is 0 Å². The number of hydrogen-bond acceptors (Lipinski definition) is 7. The number of benzene rings is 2. The second-order valence-electron chi connectivity index (χ2n) is 6.59. The summed E-state index contributed by atoms with van der Waals surface area (Å²) < 4.78 is 80.9. The predicted molar refractivity (Wildman–Crippen MR) is 110 cm³/mol. The summed E-state index contributed by atoms with van der Waals surface area (Å²) >= 11 is 0. The van der Waals surface area contributed by atoms with E-state index in [0.717, 1.165) is 25.1 Å². The molecule has 2 aromatic rings. The molecule has 0 radical (unpaired) electrons. The van der Waals surface area contributed by atoms with Gasteiger partial charge in [0, 0.05) is 23.9 Å². The normalized spacial score (nSPS) is 12.5. The fourth-order valence-electron chi connectivity index (χ4n) is 2.62. The minimum Gasteiger partial charge on any atom is -0.497 e. The average Bonchev–Trinajstić information content (AvgIpc) is 2.76. The molecule has 180 valence electrons. The lowest BCUT2D eigenvalue weighted by Crippen LogP contribution is -2.41. The number of anilines is 1. The van der Waals surface area contributed by atoms with Crippen molar-refractivity contribution in [1.29, 1.82) is 0 Å². The highest BCUT2D eigenvalue weighted by Gasteiger charge is 2.37. The zero-order valence-corrected chi connectivity index (χ0v) is 18.5. The van der Waals surface area contributed by atoms with Gasteiger partial charge in [-0.25, -0.2) is 8.42 Å². The molecular weight excluding hydrogens is 469 g/mol. The number of ether oxygens (including phenoxy) is 3. The van der Waals surface area contributed by atoms with Crippen LogP contribution in [0.5, 0.6) is 11.5 Å². The second kappa shape index (κ2) is 10.5. The van der Waals surface area contributed by atoms with Gasteiger partial charge < -0.3 is 19.5 Å².